The standard InChI is InChI=1S/C9H11N3.C2H6/c1-8(2)6-11-9(3)12-5-4-10-7-12;1-2/h4-7H,1,3H2,2H3;1-2H3/b11-6-;. The van der Waals surface area contributed by atoms with E-state index in [-0.39, 0.29) is 0 Å². The first-order valence-electron chi connectivity index (χ1n) is 4.57. The molecule has 0 saturated carbocycles. The summed E-state index contributed by atoms with van der Waals surface area (Å²) < 4.78 is 1.74. The van der Waals surface area contributed by atoms with E-state index in [0.29, 0.717) is 5.82 Å². The van der Waals surface area contributed by atoms with Gasteiger partial charge >= 0.3 is 0 Å². The zero-order valence-electron chi connectivity index (χ0n) is 9.07. The molecule has 0 aliphatic carbocycles. The third kappa shape index (κ3) is 4.40. The van der Waals surface area contributed by atoms with Crippen LogP contribution >= 0.6 is 0 Å². The van der Waals surface area contributed by atoms with Gasteiger partial charge in [0.05, 0.1) is 0 Å². The lowest BCUT2D eigenvalue weighted by Crippen LogP contribution is -1.89. The van der Waals surface area contributed by atoms with Crippen molar-refractivity contribution < 1.29 is 0 Å². The van der Waals surface area contributed by atoms with Crippen LogP contribution in [0.3, 0.4) is 0 Å². The molecule has 0 fully saturated rings. The first kappa shape index (κ1) is 12.4. The molecule has 0 aromatic carbocycles. The Morgan fingerprint density at radius 1 is 1.43 bits per heavy atom. The van der Waals surface area contributed by atoms with Gasteiger partial charge in [-0.15, -0.1) is 0 Å². The zero-order chi connectivity index (χ0) is 11.0. The van der Waals surface area contributed by atoms with Crippen LogP contribution < -0.4 is 0 Å². The average molecular weight is 191 g/mol. The Labute approximate surface area is 85.5 Å². The van der Waals surface area contributed by atoms with Gasteiger partial charge in [0.15, 0.2) is 0 Å². The third-order valence-corrected chi connectivity index (χ3v) is 1.24. The van der Waals surface area contributed by atoms with Crippen LogP contribution in [0.4, 0.5) is 0 Å². The van der Waals surface area contributed by atoms with E-state index in [1.165, 1.54) is 0 Å². The van der Waals surface area contributed by atoms with Crippen molar-refractivity contribution in [2.45, 2.75) is 20.8 Å². The number of imidazole rings is 1. The summed E-state index contributed by atoms with van der Waals surface area (Å²) in [6.45, 7) is 13.3. The Bertz CT molecular complexity index is 307. The molecule has 0 N–H and O–H groups in total. The first-order valence-corrected chi connectivity index (χ1v) is 4.57. The minimum Gasteiger partial charge on any atom is -0.291 e. The summed E-state index contributed by atoms with van der Waals surface area (Å²) in [4.78, 5) is 7.95. The van der Waals surface area contributed by atoms with E-state index in [0.717, 1.165) is 5.57 Å². The van der Waals surface area contributed by atoms with E-state index in [1.54, 1.807) is 29.5 Å². The molecule has 0 saturated heterocycles. The van der Waals surface area contributed by atoms with Gasteiger partial charge in [0, 0.05) is 18.6 Å². The van der Waals surface area contributed by atoms with Crippen LogP contribution in [0, 0.1) is 0 Å². The second kappa shape index (κ2) is 6.83. The molecule has 1 aromatic rings. The second-order valence-electron chi connectivity index (χ2n) is 2.49. The number of hydrogen-bond acceptors (Lipinski definition) is 2. The lowest BCUT2D eigenvalue weighted by Gasteiger charge is -1.97. The maximum absolute atomic E-state index is 4.07. The monoisotopic (exact) mass is 191 g/mol. The maximum Gasteiger partial charge on any atom is 0.130 e. The number of allylic oxidation sites excluding steroid dienone is 1. The zero-order valence-corrected chi connectivity index (χ0v) is 9.07. The Morgan fingerprint density at radius 3 is 2.50 bits per heavy atom. The van der Waals surface area contributed by atoms with E-state index < -0.39 is 0 Å². The SMILES string of the molecule is C=C(C)/C=N\C(=C)n1ccnc1.CC. The lowest BCUT2D eigenvalue weighted by molar-refractivity contribution is 1.07. The molecule has 1 heterocycles. The molecule has 14 heavy (non-hydrogen) atoms. The quantitative estimate of drug-likeness (QED) is 0.675. The molecule has 0 unspecified atom stereocenters. The molecule has 3 nitrogen and oxygen atoms in total. The van der Waals surface area contributed by atoms with Gasteiger partial charge in [-0.2, -0.15) is 0 Å². The van der Waals surface area contributed by atoms with Crippen molar-refractivity contribution in [2.75, 3.05) is 0 Å². The molecule has 0 atom stereocenters. The molecule has 0 spiro atoms. The number of hydrogen-bond donors (Lipinski definition) is 0. The van der Waals surface area contributed by atoms with Crippen molar-refractivity contribution in [2.24, 2.45) is 4.99 Å². The molecule has 0 radical (unpaired) electrons. The van der Waals surface area contributed by atoms with Gasteiger partial charge in [0.25, 0.3) is 0 Å². The van der Waals surface area contributed by atoms with Crippen molar-refractivity contribution in [3.63, 3.8) is 0 Å². The molecule has 3 heteroatoms. The van der Waals surface area contributed by atoms with Crippen LogP contribution in [-0.4, -0.2) is 15.8 Å². The topological polar surface area (TPSA) is 30.2 Å². The molecular weight excluding hydrogens is 174 g/mol. The molecule has 1 rings (SSSR count). The normalized spacial score (nSPS) is 9.36. The summed E-state index contributed by atoms with van der Waals surface area (Å²) in [7, 11) is 0. The summed E-state index contributed by atoms with van der Waals surface area (Å²) in [5.41, 5.74) is 0.899. The Kier molecular flexibility index (Phi) is 6.03. The van der Waals surface area contributed by atoms with Gasteiger partial charge in [-0.3, -0.25) is 4.57 Å². The van der Waals surface area contributed by atoms with E-state index in [1.807, 2.05) is 20.8 Å². The largest absolute Gasteiger partial charge is 0.291 e. The number of aliphatic imine (C=N–C) groups is 1. The number of rotatable bonds is 3. The molecule has 0 aliphatic heterocycles. The van der Waals surface area contributed by atoms with Gasteiger partial charge in [0.2, 0.25) is 0 Å². The van der Waals surface area contributed by atoms with E-state index in [2.05, 4.69) is 23.1 Å². The highest BCUT2D eigenvalue weighted by molar-refractivity contribution is 5.80. The van der Waals surface area contributed by atoms with Crippen molar-refractivity contribution in [1.29, 1.82) is 0 Å². The smallest absolute Gasteiger partial charge is 0.130 e. The van der Waals surface area contributed by atoms with Crippen LogP contribution in [0.5, 0.6) is 0 Å². The van der Waals surface area contributed by atoms with Crippen molar-refractivity contribution >= 4 is 12.0 Å². The van der Waals surface area contributed by atoms with Crippen LogP contribution in [0.15, 0.2) is 42.4 Å². The van der Waals surface area contributed by atoms with Crippen LogP contribution in [0.25, 0.3) is 5.82 Å². The number of aromatic nitrogens is 2. The predicted molar refractivity (Wildman–Crippen MR) is 62.2 cm³/mol. The average Bonchev–Trinajstić information content (AvgIpc) is 2.70. The Balaban J connectivity index is 0.000000791. The van der Waals surface area contributed by atoms with Crippen molar-refractivity contribution in [1.82, 2.24) is 9.55 Å². The second-order valence-corrected chi connectivity index (χ2v) is 2.49. The van der Waals surface area contributed by atoms with Gasteiger partial charge in [-0.1, -0.05) is 27.0 Å². The van der Waals surface area contributed by atoms with E-state index >= 15 is 0 Å². The van der Waals surface area contributed by atoms with Gasteiger partial charge in [-0.25, -0.2) is 9.98 Å². The molecule has 0 aliphatic rings. The van der Waals surface area contributed by atoms with E-state index in [4.69, 9.17) is 0 Å². The first-order chi connectivity index (χ1) is 6.70. The summed E-state index contributed by atoms with van der Waals surface area (Å²) >= 11 is 0. The maximum atomic E-state index is 4.07. The summed E-state index contributed by atoms with van der Waals surface area (Å²) in [5.74, 6) is 0.635. The molecule has 1 aromatic heterocycles. The highest BCUT2D eigenvalue weighted by Gasteiger charge is 1.90. The summed E-state index contributed by atoms with van der Waals surface area (Å²) in [6, 6.07) is 0. The molecule has 0 amide bonds. The minimum atomic E-state index is 0.635. The summed E-state index contributed by atoms with van der Waals surface area (Å²) in [5, 5.41) is 0. The van der Waals surface area contributed by atoms with Gasteiger partial charge in [0.1, 0.15) is 12.1 Å². The fourth-order valence-corrected chi connectivity index (χ4v) is 0.663. The lowest BCUT2D eigenvalue weighted by atomic mass is 10.4. The fraction of sp³-hybridized carbons (Fsp3) is 0.273. The van der Waals surface area contributed by atoms with Crippen LogP contribution in [-0.2, 0) is 0 Å². The Morgan fingerprint density at radius 2 is 2.07 bits per heavy atom. The van der Waals surface area contributed by atoms with Crippen molar-refractivity contribution in [3.05, 3.63) is 37.5 Å². The van der Waals surface area contributed by atoms with Crippen molar-refractivity contribution in [3.8, 4) is 0 Å². The van der Waals surface area contributed by atoms with Crippen LogP contribution in [0.1, 0.15) is 20.8 Å². The fourth-order valence-electron chi connectivity index (χ4n) is 0.663. The molecule has 0 bridgehead atoms. The van der Waals surface area contributed by atoms with E-state index in [9.17, 15) is 0 Å². The molecular formula is C11H17N3. The Hall–Kier alpha value is -1.64. The van der Waals surface area contributed by atoms with Gasteiger partial charge in [-0.05, 0) is 12.5 Å². The van der Waals surface area contributed by atoms with Crippen LogP contribution in [0.2, 0.25) is 0 Å². The van der Waals surface area contributed by atoms with Gasteiger partial charge < -0.3 is 0 Å². The predicted octanol–water partition coefficient (Wildman–Crippen LogP) is 2.98. The number of nitrogens with zero attached hydrogens (tertiary/aromatic N) is 3. The highest BCUT2D eigenvalue weighted by atomic mass is 15.1. The summed E-state index contributed by atoms with van der Waals surface area (Å²) in [6.07, 6.45) is 6.79. The molecule has 76 valence electrons. The highest BCUT2D eigenvalue weighted by Crippen LogP contribution is 2.01. The third-order valence-electron chi connectivity index (χ3n) is 1.24. The minimum absolute atomic E-state index is 0.635.